The summed E-state index contributed by atoms with van der Waals surface area (Å²) in [7, 11) is 0. The summed E-state index contributed by atoms with van der Waals surface area (Å²) in [6.07, 6.45) is -3.33. The van der Waals surface area contributed by atoms with E-state index in [4.69, 9.17) is 0 Å². The summed E-state index contributed by atoms with van der Waals surface area (Å²) in [5.41, 5.74) is -0.946. The molecule has 0 bridgehead atoms. The Hall–Kier alpha value is -1.83. The summed E-state index contributed by atoms with van der Waals surface area (Å²) in [5.74, 6) is -0.460. The molecule has 0 spiro atoms. The molecule has 8 heteroatoms. The van der Waals surface area contributed by atoms with Gasteiger partial charge in [0.25, 0.3) is 0 Å². The van der Waals surface area contributed by atoms with Crippen LogP contribution in [-0.2, 0) is 6.18 Å². The van der Waals surface area contributed by atoms with Gasteiger partial charge in [0, 0.05) is 32.4 Å². The second-order valence-corrected chi connectivity index (χ2v) is 4.06. The van der Waals surface area contributed by atoms with Crippen LogP contribution in [0.1, 0.15) is 5.56 Å². The third-order valence-corrected chi connectivity index (χ3v) is 2.74. The van der Waals surface area contributed by atoms with Crippen molar-refractivity contribution in [1.82, 2.24) is 15.2 Å². The molecule has 1 aromatic heterocycles. The first-order valence-corrected chi connectivity index (χ1v) is 5.77. The Labute approximate surface area is 107 Å². The molecule has 1 aliphatic rings. The molecule has 0 saturated carbocycles. The normalized spacial score (nSPS) is 16.3. The van der Waals surface area contributed by atoms with E-state index < -0.39 is 23.6 Å². The molecule has 2 N–H and O–H groups in total. The Bertz CT molecular complexity index is 457. The van der Waals surface area contributed by atoms with Crippen LogP contribution in [0.5, 0.6) is 0 Å². The maximum atomic E-state index is 12.7. The highest BCUT2D eigenvalue weighted by Crippen LogP contribution is 2.33. The average molecular weight is 274 g/mol. The molecule has 0 atom stereocenters. The molecular formula is C11H13F3N4O. The first kappa shape index (κ1) is 13.6. The maximum absolute atomic E-state index is 12.7. The van der Waals surface area contributed by atoms with Crippen LogP contribution in [0, 0.1) is 0 Å². The summed E-state index contributed by atoms with van der Waals surface area (Å²) in [6.45, 7) is 2.17. The molecule has 2 amide bonds. The lowest BCUT2D eigenvalue weighted by molar-refractivity contribution is -0.137. The molecule has 19 heavy (non-hydrogen) atoms. The molecule has 2 rings (SSSR count). The van der Waals surface area contributed by atoms with Gasteiger partial charge in [-0.2, -0.15) is 13.2 Å². The lowest BCUT2D eigenvalue weighted by atomic mass is 10.2. The van der Waals surface area contributed by atoms with Gasteiger partial charge in [-0.25, -0.2) is 9.78 Å². The van der Waals surface area contributed by atoms with Crippen molar-refractivity contribution in [3.63, 3.8) is 0 Å². The Balaban J connectivity index is 2.12. The van der Waals surface area contributed by atoms with Gasteiger partial charge in [-0.1, -0.05) is 0 Å². The quantitative estimate of drug-likeness (QED) is 0.816. The zero-order chi connectivity index (χ0) is 13.9. The number of amides is 2. The second kappa shape index (κ2) is 5.43. The predicted molar refractivity (Wildman–Crippen MR) is 62.7 cm³/mol. The van der Waals surface area contributed by atoms with Crippen LogP contribution in [0.3, 0.4) is 0 Å². The maximum Gasteiger partial charge on any atom is 0.419 e. The van der Waals surface area contributed by atoms with Gasteiger partial charge in [-0.05, 0) is 12.1 Å². The van der Waals surface area contributed by atoms with Crippen molar-refractivity contribution in [2.24, 2.45) is 0 Å². The van der Waals surface area contributed by atoms with Gasteiger partial charge in [0.05, 0.1) is 5.56 Å². The van der Waals surface area contributed by atoms with E-state index in [1.165, 1.54) is 17.2 Å². The summed E-state index contributed by atoms with van der Waals surface area (Å²) in [6, 6.07) is 1.51. The number of nitrogens with zero attached hydrogens (tertiary/aromatic N) is 2. The number of aromatic nitrogens is 1. The van der Waals surface area contributed by atoms with Crippen LogP contribution >= 0.6 is 0 Å². The van der Waals surface area contributed by atoms with Crippen molar-refractivity contribution in [3.8, 4) is 0 Å². The van der Waals surface area contributed by atoms with E-state index in [9.17, 15) is 18.0 Å². The Morgan fingerprint density at radius 3 is 2.68 bits per heavy atom. The number of rotatable bonds is 1. The number of carbonyl (C=O) groups excluding carboxylic acids is 1. The van der Waals surface area contributed by atoms with Crippen LogP contribution < -0.4 is 10.6 Å². The highest BCUT2D eigenvalue weighted by atomic mass is 19.4. The Morgan fingerprint density at radius 1 is 1.37 bits per heavy atom. The number of carbonyl (C=O) groups is 1. The molecule has 5 nitrogen and oxygen atoms in total. The molecule has 0 aromatic carbocycles. The van der Waals surface area contributed by atoms with Crippen LogP contribution in [0.25, 0.3) is 0 Å². The fourth-order valence-corrected chi connectivity index (χ4v) is 1.78. The van der Waals surface area contributed by atoms with Crippen molar-refractivity contribution in [2.45, 2.75) is 6.18 Å². The first-order chi connectivity index (χ1) is 8.98. The minimum absolute atomic E-state index is 0.458. The van der Waals surface area contributed by atoms with Crippen molar-refractivity contribution in [2.75, 3.05) is 31.5 Å². The van der Waals surface area contributed by atoms with Gasteiger partial charge in [-0.15, -0.1) is 0 Å². The van der Waals surface area contributed by atoms with Gasteiger partial charge in [0.15, 0.2) is 0 Å². The third-order valence-electron chi connectivity index (χ3n) is 2.74. The van der Waals surface area contributed by atoms with Crippen molar-refractivity contribution in [3.05, 3.63) is 23.9 Å². The summed E-state index contributed by atoms with van der Waals surface area (Å²) < 4.78 is 38.2. The minimum atomic E-state index is -4.54. The number of halogens is 3. The van der Waals surface area contributed by atoms with Gasteiger partial charge in [0.1, 0.15) is 5.82 Å². The largest absolute Gasteiger partial charge is 0.419 e. The molecule has 1 aromatic rings. The molecule has 1 aliphatic heterocycles. The lowest BCUT2D eigenvalue weighted by Crippen LogP contribution is -2.48. The van der Waals surface area contributed by atoms with Crippen molar-refractivity contribution in [1.29, 1.82) is 0 Å². The van der Waals surface area contributed by atoms with E-state index in [1.807, 2.05) is 0 Å². The van der Waals surface area contributed by atoms with E-state index in [1.54, 1.807) is 0 Å². The fraction of sp³-hybridized carbons (Fsp3) is 0.455. The third kappa shape index (κ3) is 3.34. The van der Waals surface area contributed by atoms with Gasteiger partial charge >= 0.3 is 12.2 Å². The van der Waals surface area contributed by atoms with Gasteiger partial charge in [0.2, 0.25) is 0 Å². The topological polar surface area (TPSA) is 57.3 Å². The van der Waals surface area contributed by atoms with Crippen LogP contribution in [-0.4, -0.2) is 42.1 Å². The molecule has 0 aliphatic carbocycles. The van der Waals surface area contributed by atoms with E-state index in [-0.39, 0.29) is 0 Å². The molecule has 1 saturated heterocycles. The smallest absolute Gasteiger partial charge is 0.322 e. The van der Waals surface area contributed by atoms with Crippen LogP contribution in [0.2, 0.25) is 0 Å². The Kier molecular flexibility index (Phi) is 3.89. The average Bonchev–Trinajstić information content (AvgIpc) is 2.39. The van der Waals surface area contributed by atoms with Gasteiger partial charge < -0.3 is 10.2 Å². The van der Waals surface area contributed by atoms with Crippen molar-refractivity contribution < 1.29 is 18.0 Å². The standard InChI is InChI=1S/C11H13F3N4O/c12-11(13,14)8-2-1-3-16-9(8)17-10(19)18-6-4-15-5-7-18/h1-3,15H,4-7H2,(H,16,17,19). The van der Waals surface area contributed by atoms with Crippen molar-refractivity contribution >= 4 is 11.8 Å². The molecule has 2 heterocycles. The molecule has 0 radical (unpaired) electrons. The summed E-state index contributed by atoms with van der Waals surface area (Å²) in [5, 5.41) is 5.27. The number of piperazine rings is 1. The fourth-order valence-electron chi connectivity index (χ4n) is 1.78. The number of pyridine rings is 1. The summed E-state index contributed by atoms with van der Waals surface area (Å²) >= 11 is 0. The number of hydrogen-bond acceptors (Lipinski definition) is 3. The number of urea groups is 1. The zero-order valence-electron chi connectivity index (χ0n) is 10.00. The zero-order valence-corrected chi connectivity index (χ0v) is 10.00. The predicted octanol–water partition coefficient (Wildman–Crippen LogP) is 1.54. The number of anilines is 1. The Morgan fingerprint density at radius 2 is 2.05 bits per heavy atom. The minimum Gasteiger partial charge on any atom is -0.322 e. The van der Waals surface area contributed by atoms with E-state index >= 15 is 0 Å². The molecule has 104 valence electrons. The highest BCUT2D eigenvalue weighted by molar-refractivity contribution is 5.89. The van der Waals surface area contributed by atoms with E-state index in [0.29, 0.717) is 26.2 Å². The molecule has 0 unspecified atom stereocenters. The number of alkyl halides is 3. The lowest BCUT2D eigenvalue weighted by Gasteiger charge is -2.27. The van der Waals surface area contributed by atoms with Gasteiger partial charge in [-0.3, -0.25) is 5.32 Å². The molecule has 1 fully saturated rings. The van der Waals surface area contributed by atoms with E-state index in [0.717, 1.165) is 6.07 Å². The first-order valence-electron chi connectivity index (χ1n) is 5.77. The highest BCUT2D eigenvalue weighted by Gasteiger charge is 2.34. The number of nitrogens with one attached hydrogen (secondary N) is 2. The second-order valence-electron chi connectivity index (χ2n) is 4.06. The number of hydrogen-bond donors (Lipinski definition) is 2. The van der Waals surface area contributed by atoms with Crippen LogP contribution in [0.4, 0.5) is 23.8 Å². The van der Waals surface area contributed by atoms with Crippen LogP contribution in [0.15, 0.2) is 18.3 Å². The summed E-state index contributed by atoms with van der Waals surface area (Å²) in [4.78, 5) is 16.9. The van der Waals surface area contributed by atoms with E-state index in [2.05, 4.69) is 15.6 Å². The molecular weight excluding hydrogens is 261 g/mol. The monoisotopic (exact) mass is 274 g/mol. The SMILES string of the molecule is O=C(Nc1ncccc1C(F)(F)F)N1CCNCC1.